The van der Waals surface area contributed by atoms with E-state index in [1.807, 2.05) is 36.6 Å². The van der Waals surface area contributed by atoms with E-state index in [2.05, 4.69) is 11.9 Å². The number of aryl methyl sites for hydroxylation is 1. The predicted molar refractivity (Wildman–Crippen MR) is 102 cm³/mol. The number of ketones is 1. The third-order valence-electron chi connectivity index (χ3n) is 5.11. The molecule has 0 aliphatic carbocycles. The first-order valence-electron chi connectivity index (χ1n) is 8.80. The minimum atomic E-state index is -1.17. The van der Waals surface area contributed by atoms with Crippen LogP contribution in [0.25, 0.3) is 0 Å². The molecule has 0 radical (unpaired) electrons. The zero-order valence-electron chi connectivity index (χ0n) is 15.8. The Morgan fingerprint density at radius 2 is 1.89 bits per heavy atom. The molecule has 1 aromatic heterocycles. The molecule has 2 aromatic rings. The molecule has 1 atom stereocenters. The van der Waals surface area contributed by atoms with Crippen molar-refractivity contribution in [2.24, 2.45) is 0 Å². The van der Waals surface area contributed by atoms with Gasteiger partial charge in [0.25, 0.3) is 5.91 Å². The number of hydrogen-bond donors (Lipinski definition) is 1. The van der Waals surface area contributed by atoms with Crippen molar-refractivity contribution in [2.75, 3.05) is 6.54 Å². The molecular formula is C21H23N3O3. The van der Waals surface area contributed by atoms with Crippen LogP contribution in [0.1, 0.15) is 34.2 Å². The van der Waals surface area contributed by atoms with Crippen LogP contribution in [0.15, 0.2) is 49.1 Å². The molecule has 0 saturated carbocycles. The number of Topliss-reactive ketones (excluding diaryl/α,β-unsaturated/α-hetero) is 1. The molecule has 1 aliphatic heterocycles. The minimum Gasteiger partial charge on any atom is -0.345 e. The first kappa shape index (κ1) is 18.6. The molecule has 27 heavy (non-hydrogen) atoms. The molecule has 1 aromatic carbocycles. The summed E-state index contributed by atoms with van der Waals surface area (Å²) in [5, 5.41) is 2.72. The molecule has 0 unspecified atom stereocenters. The monoisotopic (exact) mass is 365 g/mol. The maximum Gasteiger partial charge on any atom is 0.325 e. The van der Waals surface area contributed by atoms with Crippen molar-refractivity contribution in [3.63, 3.8) is 0 Å². The molecule has 1 fully saturated rings. The number of benzene rings is 1. The molecule has 3 rings (SSSR count). The Morgan fingerprint density at radius 3 is 2.52 bits per heavy atom. The molecule has 1 aliphatic rings. The Morgan fingerprint density at radius 1 is 1.22 bits per heavy atom. The number of urea groups is 1. The SMILES string of the molecule is C=CCn1c(C)cc(C(=O)CN2C(=O)N[C@@](C)(c3ccccc3)C2=O)c1C. The standard InChI is InChI=1S/C21H23N3O3/c1-5-11-23-14(2)12-17(15(23)3)18(25)13-24-19(26)21(4,22-20(24)27)16-9-7-6-8-10-16/h5-10,12H,1,11,13H2,2-4H3,(H,22,27)/t21-/m0/s1. The Labute approximate surface area is 158 Å². The van der Waals surface area contributed by atoms with Crippen LogP contribution in [0.5, 0.6) is 0 Å². The quantitative estimate of drug-likeness (QED) is 0.486. The van der Waals surface area contributed by atoms with Crippen LogP contribution in [0, 0.1) is 13.8 Å². The van der Waals surface area contributed by atoms with Gasteiger partial charge in [0.05, 0.1) is 6.54 Å². The maximum atomic E-state index is 12.9. The predicted octanol–water partition coefficient (Wildman–Crippen LogP) is 2.94. The molecule has 0 spiro atoms. The zero-order chi connectivity index (χ0) is 19.8. The van der Waals surface area contributed by atoms with Gasteiger partial charge >= 0.3 is 6.03 Å². The van der Waals surface area contributed by atoms with Gasteiger partial charge in [0.15, 0.2) is 5.78 Å². The van der Waals surface area contributed by atoms with Crippen molar-refractivity contribution in [3.05, 3.63) is 71.6 Å². The van der Waals surface area contributed by atoms with E-state index in [4.69, 9.17) is 0 Å². The summed E-state index contributed by atoms with van der Waals surface area (Å²) in [5.41, 5.74) is 1.77. The summed E-state index contributed by atoms with van der Waals surface area (Å²) in [5.74, 6) is -0.689. The van der Waals surface area contributed by atoms with Crippen LogP contribution < -0.4 is 5.32 Å². The van der Waals surface area contributed by atoms with Crippen LogP contribution in [0.3, 0.4) is 0 Å². The fourth-order valence-corrected chi connectivity index (χ4v) is 3.53. The molecule has 0 bridgehead atoms. The van der Waals surface area contributed by atoms with Crippen molar-refractivity contribution in [2.45, 2.75) is 32.9 Å². The van der Waals surface area contributed by atoms with Gasteiger partial charge in [-0.15, -0.1) is 6.58 Å². The number of imide groups is 1. The highest BCUT2D eigenvalue weighted by Gasteiger charge is 2.49. The number of carbonyl (C=O) groups excluding carboxylic acids is 3. The summed E-state index contributed by atoms with van der Waals surface area (Å²) in [6, 6.07) is 10.3. The van der Waals surface area contributed by atoms with Gasteiger partial charge in [0.2, 0.25) is 0 Å². The van der Waals surface area contributed by atoms with E-state index in [9.17, 15) is 14.4 Å². The zero-order valence-corrected chi connectivity index (χ0v) is 15.8. The summed E-state index contributed by atoms with van der Waals surface area (Å²) in [6.07, 6.45) is 1.76. The lowest BCUT2D eigenvalue weighted by molar-refractivity contribution is -0.130. The van der Waals surface area contributed by atoms with Gasteiger partial charge in [-0.3, -0.25) is 14.5 Å². The lowest BCUT2D eigenvalue weighted by atomic mass is 9.92. The average Bonchev–Trinajstić information content (AvgIpc) is 3.05. The van der Waals surface area contributed by atoms with Gasteiger partial charge in [0.1, 0.15) is 5.54 Å². The molecular weight excluding hydrogens is 342 g/mol. The van der Waals surface area contributed by atoms with Gasteiger partial charge in [0, 0.05) is 23.5 Å². The Bertz CT molecular complexity index is 930. The van der Waals surface area contributed by atoms with Crippen LogP contribution in [-0.2, 0) is 16.9 Å². The third kappa shape index (κ3) is 3.07. The van der Waals surface area contributed by atoms with E-state index in [1.165, 1.54) is 0 Å². The number of carbonyl (C=O) groups is 3. The van der Waals surface area contributed by atoms with Crippen molar-refractivity contribution in [1.82, 2.24) is 14.8 Å². The van der Waals surface area contributed by atoms with Gasteiger partial charge in [-0.2, -0.15) is 0 Å². The van der Waals surface area contributed by atoms with E-state index in [-0.39, 0.29) is 12.3 Å². The fourth-order valence-electron chi connectivity index (χ4n) is 3.53. The summed E-state index contributed by atoms with van der Waals surface area (Å²) >= 11 is 0. The second-order valence-electron chi connectivity index (χ2n) is 6.92. The van der Waals surface area contributed by atoms with E-state index in [1.54, 1.807) is 31.2 Å². The highest BCUT2D eigenvalue weighted by Crippen LogP contribution is 2.29. The second-order valence-corrected chi connectivity index (χ2v) is 6.92. The first-order chi connectivity index (χ1) is 12.8. The van der Waals surface area contributed by atoms with E-state index >= 15 is 0 Å². The van der Waals surface area contributed by atoms with Crippen LogP contribution >= 0.6 is 0 Å². The summed E-state index contributed by atoms with van der Waals surface area (Å²) in [4.78, 5) is 39.2. The number of amides is 3. The molecule has 3 amide bonds. The number of rotatable bonds is 6. The van der Waals surface area contributed by atoms with Crippen molar-refractivity contribution >= 4 is 17.7 Å². The topological polar surface area (TPSA) is 71.4 Å². The number of nitrogens with one attached hydrogen (secondary N) is 1. The average molecular weight is 365 g/mol. The van der Waals surface area contributed by atoms with Crippen molar-refractivity contribution < 1.29 is 14.4 Å². The van der Waals surface area contributed by atoms with Crippen molar-refractivity contribution in [1.29, 1.82) is 0 Å². The van der Waals surface area contributed by atoms with Gasteiger partial charge < -0.3 is 9.88 Å². The smallest absolute Gasteiger partial charge is 0.325 e. The molecule has 2 heterocycles. The number of nitrogens with zero attached hydrogens (tertiary/aromatic N) is 2. The molecule has 1 N–H and O–H groups in total. The van der Waals surface area contributed by atoms with Gasteiger partial charge in [-0.25, -0.2) is 4.79 Å². The molecule has 1 saturated heterocycles. The number of allylic oxidation sites excluding steroid dienone is 1. The Kier molecular flexibility index (Phi) is 4.74. The third-order valence-corrected chi connectivity index (χ3v) is 5.11. The fraction of sp³-hybridized carbons (Fsp3) is 0.286. The highest BCUT2D eigenvalue weighted by molar-refractivity contribution is 6.11. The summed E-state index contributed by atoms with van der Waals surface area (Å²) in [7, 11) is 0. The van der Waals surface area contributed by atoms with Crippen LogP contribution in [0.4, 0.5) is 4.79 Å². The maximum absolute atomic E-state index is 12.9. The summed E-state index contributed by atoms with van der Waals surface area (Å²) in [6.45, 7) is 9.46. The first-order valence-corrected chi connectivity index (χ1v) is 8.80. The highest BCUT2D eigenvalue weighted by atomic mass is 16.2. The second kappa shape index (κ2) is 6.87. The summed E-state index contributed by atoms with van der Waals surface area (Å²) < 4.78 is 1.97. The normalized spacial score (nSPS) is 19.3. The van der Waals surface area contributed by atoms with Gasteiger partial charge in [-0.1, -0.05) is 36.4 Å². The van der Waals surface area contributed by atoms with Gasteiger partial charge in [-0.05, 0) is 32.4 Å². The van der Waals surface area contributed by atoms with Crippen molar-refractivity contribution in [3.8, 4) is 0 Å². The van der Waals surface area contributed by atoms with E-state index < -0.39 is 17.5 Å². The lowest BCUT2D eigenvalue weighted by Crippen LogP contribution is -2.41. The molecule has 140 valence electrons. The largest absolute Gasteiger partial charge is 0.345 e. The lowest BCUT2D eigenvalue weighted by Gasteiger charge is -2.22. The van der Waals surface area contributed by atoms with Crippen LogP contribution in [0.2, 0.25) is 0 Å². The molecule has 6 nitrogen and oxygen atoms in total. The van der Waals surface area contributed by atoms with Crippen LogP contribution in [-0.4, -0.2) is 33.7 Å². The number of hydrogen-bond acceptors (Lipinski definition) is 3. The number of aromatic nitrogens is 1. The Balaban J connectivity index is 1.85. The molecule has 6 heteroatoms. The van der Waals surface area contributed by atoms with E-state index in [0.717, 1.165) is 16.3 Å². The van der Waals surface area contributed by atoms with E-state index in [0.29, 0.717) is 17.7 Å². The minimum absolute atomic E-state index is 0.265. The Hall–Kier alpha value is -3.15.